The number of benzene rings is 1. The molecule has 0 unspecified atom stereocenters. The Kier molecular flexibility index (Phi) is 3.62. The van der Waals surface area contributed by atoms with E-state index in [-0.39, 0.29) is 5.82 Å². The maximum atomic E-state index is 12.7. The summed E-state index contributed by atoms with van der Waals surface area (Å²) in [5.74, 6) is 0.387. The molecule has 0 amide bonds. The molecule has 2 rings (SSSR count). The highest BCUT2D eigenvalue weighted by Gasteiger charge is 2.29. The van der Waals surface area contributed by atoms with E-state index in [0.717, 1.165) is 12.8 Å². The summed E-state index contributed by atoms with van der Waals surface area (Å²) in [4.78, 5) is 0. The Bertz CT molecular complexity index is 368. The minimum absolute atomic E-state index is 0.170. The maximum absolute atomic E-state index is 12.7. The van der Waals surface area contributed by atoms with E-state index in [1.807, 2.05) is 12.1 Å². The third-order valence-electron chi connectivity index (χ3n) is 3.06. The first-order chi connectivity index (χ1) is 7.65. The average molecular weight is 240 g/mol. The zero-order chi connectivity index (χ0) is 11.5. The van der Waals surface area contributed by atoms with Gasteiger partial charge in [-0.2, -0.15) is 0 Å². The van der Waals surface area contributed by atoms with E-state index in [4.69, 9.17) is 11.6 Å². The van der Waals surface area contributed by atoms with Crippen molar-refractivity contribution in [3.63, 3.8) is 0 Å². The molecule has 1 aliphatic carbocycles. The highest BCUT2D eigenvalue weighted by molar-refractivity contribution is 6.29. The molecule has 16 heavy (non-hydrogen) atoms. The summed E-state index contributed by atoms with van der Waals surface area (Å²) in [5, 5.41) is 3.97. The first-order valence-corrected chi connectivity index (χ1v) is 5.85. The Morgan fingerprint density at radius 1 is 1.38 bits per heavy atom. The summed E-state index contributed by atoms with van der Waals surface area (Å²) in [7, 11) is 0. The van der Waals surface area contributed by atoms with Gasteiger partial charge in [0.05, 0.1) is 0 Å². The molecule has 86 valence electrons. The largest absolute Gasteiger partial charge is 0.309 e. The molecule has 1 fully saturated rings. The summed E-state index contributed by atoms with van der Waals surface area (Å²) < 4.78 is 12.7. The van der Waals surface area contributed by atoms with Crippen molar-refractivity contribution in [3.8, 4) is 0 Å². The minimum Gasteiger partial charge on any atom is -0.309 e. The van der Waals surface area contributed by atoms with Crippen LogP contribution in [0.4, 0.5) is 4.39 Å². The molecule has 3 heteroatoms. The van der Waals surface area contributed by atoms with Crippen molar-refractivity contribution >= 4 is 11.6 Å². The molecule has 1 aromatic rings. The second-order valence-electron chi connectivity index (χ2n) is 4.31. The van der Waals surface area contributed by atoms with Gasteiger partial charge in [0.25, 0.3) is 0 Å². The Labute approximate surface area is 100 Å². The quantitative estimate of drug-likeness (QED) is 0.849. The molecular formula is C13H15ClFN. The van der Waals surface area contributed by atoms with E-state index in [1.54, 1.807) is 0 Å². The molecule has 1 saturated carbocycles. The Morgan fingerprint density at radius 2 is 2.00 bits per heavy atom. The van der Waals surface area contributed by atoms with Gasteiger partial charge >= 0.3 is 0 Å². The van der Waals surface area contributed by atoms with Gasteiger partial charge in [0.15, 0.2) is 0 Å². The lowest BCUT2D eigenvalue weighted by molar-refractivity contribution is 0.299. The van der Waals surface area contributed by atoms with Gasteiger partial charge in [-0.15, -0.1) is 0 Å². The fourth-order valence-corrected chi connectivity index (χ4v) is 2.12. The van der Waals surface area contributed by atoms with Crippen molar-refractivity contribution in [2.45, 2.75) is 24.8 Å². The zero-order valence-electron chi connectivity index (χ0n) is 9.05. The van der Waals surface area contributed by atoms with E-state index in [0.29, 0.717) is 23.5 Å². The highest BCUT2D eigenvalue weighted by Crippen LogP contribution is 2.36. The normalized spacial score (nSPS) is 23.9. The summed E-state index contributed by atoms with van der Waals surface area (Å²) in [6.45, 7) is 4.30. The monoisotopic (exact) mass is 239 g/mol. The number of nitrogens with one attached hydrogen (secondary N) is 1. The standard InChI is InChI=1S/C13H15ClFN/c1-9(14)8-16-13-6-11(7-13)10-2-4-12(15)5-3-10/h2-5,11,13,16H,1,6-8H2. The maximum Gasteiger partial charge on any atom is 0.123 e. The van der Waals surface area contributed by atoms with Gasteiger partial charge in [-0.3, -0.25) is 0 Å². The van der Waals surface area contributed by atoms with Crippen LogP contribution in [0, 0.1) is 5.82 Å². The second kappa shape index (κ2) is 4.98. The van der Waals surface area contributed by atoms with Gasteiger partial charge in [0, 0.05) is 17.6 Å². The van der Waals surface area contributed by atoms with Crippen LogP contribution in [0.5, 0.6) is 0 Å². The molecule has 0 spiro atoms. The number of hydrogen-bond acceptors (Lipinski definition) is 1. The van der Waals surface area contributed by atoms with Crippen molar-refractivity contribution in [3.05, 3.63) is 47.3 Å². The topological polar surface area (TPSA) is 12.0 Å². The predicted molar refractivity (Wildman–Crippen MR) is 65.2 cm³/mol. The van der Waals surface area contributed by atoms with E-state index in [9.17, 15) is 4.39 Å². The molecule has 1 aromatic carbocycles. The molecule has 1 nitrogen and oxygen atoms in total. The predicted octanol–water partition coefficient (Wildman–Crippen LogP) is 3.41. The smallest absolute Gasteiger partial charge is 0.123 e. The van der Waals surface area contributed by atoms with Crippen LogP contribution in [0.1, 0.15) is 24.3 Å². The number of hydrogen-bond donors (Lipinski definition) is 1. The van der Waals surface area contributed by atoms with E-state index in [1.165, 1.54) is 17.7 Å². The fraction of sp³-hybridized carbons (Fsp3) is 0.385. The average Bonchev–Trinajstić information content (AvgIpc) is 2.18. The van der Waals surface area contributed by atoms with Crippen molar-refractivity contribution in [2.24, 2.45) is 0 Å². The molecule has 0 radical (unpaired) electrons. The van der Waals surface area contributed by atoms with Crippen LogP contribution in [0.15, 0.2) is 35.9 Å². The second-order valence-corrected chi connectivity index (χ2v) is 4.85. The molecule has 0 saturated heterocycles. The Morgan fingerprint density at radius 3 is 2.56 bits per heavy atom. The van der Waals surface area contributed by atoms with E-state index < -0.39 is 0 Å². The van der Waals surface area contributed by atoms with Gasteiger partial charge in [-0.25, -0.2) is 4.39 Å². The lowest BCUT2D eigenvalue weighted by atomic mass is 9.76. The van der Waals surface area contributed by atoms with Crippen molar-refractivity contribution in [1.82, 2.24) is 5.32 Å². The van der Waals surface area contributed by atoms with Gasteiger partial charge in [-0.05, 0) is 36.5 Å². The van der Waals surface area contributed by atoms with Gasteiger partial charge in [-0.1, -0.05) is 30.3 Å². The van der Waals surface area contributed by atoms with Crippen LogP contribution in [-0.4, -0.2) is 12.6 Å². The zero-order valence-corrected chi connectivity index (χ0v) is 9.80. The van der Waals surface area contributed by atoms with Crippen molar-refractivity contribution < 1.29 is 4.39 Å². The number of halogens is 2. The van der Waals surface area contributed by atoms with E-state index in [2.05, 4.69) is 11.9 Å². The third kappa shape index (κ3) is 2.83. The molecule has 0 bridgehead atoms. The van der Waals surface area contributed by atoms with Crippen molar-refractivity contribution in [1.29, 1.82) is 0 Å². The molecule has 1 N–H and O–H groups in total. The Hall–Kier alpha value is -0.860. The first-order valence-electron chi connectivity index (χ1n) is 5.47. The lowest BCUT2D eigenvalue weighted by Gasteiger charge is -2.36. The van der Waals surface area contributed by atoms with Crippen molar-refractivity contribution in [2.75, 3.05) is 6.54 Å². The first kappa shape index (κ1) is 11.6. The molecule has 0 aromatic heterocycles. The Balaban J connectivity index is 1.79. The van der Waals surface area contributed by atoms with E-state index >= 15 is 0 Å². The van der Waals surface area contributed by atoms with Gasteiger partial charge in [0.2, 0.25) is 0 Å². The van der Waals surface area contributed by atoms with Crippen LogP contribution in [0.25, 0.3) is 0 Å². The van der Waals surface area contributed by atoms with Crippen LogP contribution < -0.4 is 5.32 Å². The summed E-state index contributed by atoms with van der Waals surface area (Å²) in [5.41, 5.74) is 1.23. The summed E-state index contributed by atoms with van der Waals surface area (Å²) in [6, 6.07) is 7.31. The fourth-order valence-electron chi connectivity index (χ4n) is 2.05. The molecule has 0 atom stereocenters. The van der Waals surface area contributed by atoms with Crippen LogP contribution >= 0.6 is 11.6 Å². The minimum atomic E-state index is -0.170. The van der Waals surface area contributed by atoms with Gasteiger partial charge < -0.3 is 5.32 Å². The SMILES string of the molecule is C=C(Cl)CNC1CC(c2ccc(F)cc2)C1. The van der Waals surface area contributed by atoms with Crippen LogP contribution in [0.2, 0.25) is 0 Å². The third-order valence-corrected chi connectivity index (χ3v) is 3.20. The summed E-state index contributed by atoms with van der Waals surface area (Å²) in [6.07, 6.45) is 2.19. The lowest BCUT2D eigenvalue weighted by Crippen LogP contribution is -2.40. The molecule has 1 aliphatic rings. The number of rotatable bonds is 4. The van der Waals surface area contributed by atoms with Crippen LogP contribution in [-0.2, 0) is 0 Å². The molecular weight excluding hydrogens is 225 g/mol. The molecule has 0 aliphatic heterocycles. The van der Waals surface area contributed by atoms with Gasteiger partial charge in [0.1, 0.15) is 5.82 Å². The summed E-state index contributed by atoms with van der Waals surface area (Å²) >= 11 is 5.68. The molecule has 0 heterocycles. The van der Waals surface area contributed by atoms with Crippen LogP contribution in [0.3, 0.4) is 0 Å². The highest BCUT2D eigenvalue weighted by atomic mass is 35.5.